The molecule has 11 heavy (non-hydrogen) atoms. The highest BCUT2D eigenvalue weighted by Crippen LogP contribution is 2.16. The molecular formula is C8H11ClN2. The van der Waals surface area contributed by atoms with E-state index in [1.54, 1.807) is 0 Å². The molecule has 1 aliphatic rings. The molecule has 60 valence electrons. The Labute approximate surface area is 71.2 Å². The van der Waals surface area contributed by atoms with Crippen LogP contribution in [-0.2, 0) is 18.8 Å². The second-order valence-electron chi connectivity index (χ2n) is 2.91. The van der Waals surface area contributed by atoms with Gasteiger partial charge in [0, 0.05) is 19.2 Å². The molecule has 0 saturated heterocycles. The average Bonchev–Trinajstić information content (AvgIpc) is 2.47. The molecular weight excluding hydrogens is 160 g/mol. The summed E-state index contributed by atoms with van der Waals surface area (Å²) in [6.07, 6.45) is 5.57. The van der Waals surface area contributed by atoms with E-state index in [-0.39, 0.29) is 0 Å². The van der Waals surface area contributed by atoms with Gasteiger partial charge in [0.1, 0.15) is 5.82 Å². The smallest absolute Gasteiger partial charge is 0.108 e. The van der Waals surface area contributed by atoms with E-state index in [2.05, 4.69) is 9.55 Å². The number of imidazole rings is 1. The maximum atomic E-state index is 5.74. The van der Waals surface area contributed by atoms with E-state index in [4.69, 9.17) is 11.6 Å². The van der Waals surface area contributed by atoms with Crippen LogP contribution in [0.5, 0.6) is 0 Å². The van der Waals surface area contributed by atoms with Gasteiger partial charge in [0.05, 0.1) is 11.6 Å². The molecule has 2 rings (SSSR count). The number of hydrogen-bond acceptors (Lipinski definition) is 1. The first-order chi connectivity index (χ1) is 5.42. The molecule has 2 heterocycles. The molecule has 0 fully saturated rings. The predicted octanol–water partition coefficient (Wildman–Crippen LogP) is 1.96. The Morgan fingerprint density at radius 1 is 1.55 bits per heavy atom. The highest BCUT2D eigenvalue weighted by Gasteiger charge is 2.12. The van der Waals surface area contributed by atoms with Crippen LogP contribution in [0.2, 0.25) is 0 Å². The number of halogens is 1. The van der Waals surface area contributed by atoms with Crippen LogP contribution in [0.3, 0.4) is 0 Å². The first-order valence-electron chi connectivity index (χ1n) is 4.01. The van der Waals surface area contributed by atoms with Crippen molar-refractivity contribution in [2.24, 2.45) is 0 Å². The standard InChI is InChI=1S/C8H11ClN2/c9-5-7-6-10-8-3-1-2-4-11(7)8/h6H,1-5H2. The van der Waals surface area contributed by atoms with Crippen molar-refractivity contribution in [1.82, 2.24) is 9.55 Å². The quantitative estimate of drug-likeness (QED) is 0.590. The molecule has 2 nitrogen and oxygen atoms in total. The van der Waals surface area contributed by atoms with Crippen molar-refractivity contribution < 1.29 is 0 Å². The van der Waals surface area contributed by atoms with E-state index in [1.807, 2.05) is 6.20 Å². The molecule has 0 amide bonds. The van der Waals surface area contributed by atoms with E-state index in [1.165, 1.54) is 24.4 Å². The Kier molecular flexibility index (Phi) is 1.86. The Balaban J connectivity index is 2.38. The van der Waals surface area contributed by atoms with E-state index in [0.717, 1.165) is 13.0 Å². The van der Waals surface area contributed by atoms with Gasteiger partial charge in [-0.25, -0.2) is 4.98 Å². The van der Waals surface area contributed by atoms with Crippen LogP contribution in [-0.4, -0.2) is 9.55 Å². The molecule has 0 saturated carbocycles. The van der Waals surface area contributed by atoms with Crippen LogP contribution < -0.4 is 0 Å². The lowest BCUT2D eigenvalue weighted by atomic mass is 10.2. The van der Waals surface area contributed by atoms with Gasteiger partial charge in [0.15, 0.2) is 0 Å². The Hall–Kier alpha value is -0.500. The van der Waals surface area contributed by atoms with Crippen LogP contribution in [0.15, 0.2) is 6.20 Å². The lowest BCUT2D eigenvalue weighted by Gasteiger charge is -2.14. The number of alkyl halides is 1. The van der Waals surface area contributed by atoms with E-state index in [9.17, 15) is 0 Å². The van der Waals surface area contributed by atoms with Crippen molar-refractivity contribution in [3.05, 3.63) is 17.7 Å². The van der Waals surface area contributed by atoms with Crippen molar-refractivity contribution in [3.63, 3.8) is 0 Å². The molecule has 0 aliphatic carbocycles. The molecule has 3 heteroatoms. The molecule has 1 aromatic heterocycles. The van der Waals surface area contributed by atoms with E-state index >= 15 is 0 Å². The SMILES string of the molecule is ClCc1cnc2n1CCCC2. The van der Waals surface area contributed by atoms with Gasteiger partial charge in [-0.1, -0.05) is 0 Å². The highest BCUT2D eigenvalue weighted by atomic mass is 35.5. The number of nitrogens with zero attached hydrogens (tertiary/aromatic N) is 2. The molecule has 1 aromatic rings. The molecule has 0 N–H and O–H groups in total. The molecule has 0 radical (unpaired) electrons. The zero-order chi connectivity index (χ0) is 7.68. The van der Waals surface area contributed by atoms with Crippen molar-refractivity contribution in [2.75, 3.05) is 0 Å². The summed E-state index contributed by atoms with van der Waals surface area (Å²) >= 11 is 5.74. The molecule has 0 unspecified atom stereocenters. The zero-order valence-corrected chi connectivity index (χ0v) is 7.14. The summed E-state index contributed by atoms with van der Waals surface area (Å²) in [5.41, 5.74) is 1.17. The second-order valence-corrected chi connectivity index (χ2v) is 3.18. The van der Waals surface area contributed by atoms with E-state index in [0.29, 0.717) is 5.88 Å². The first-order valence-corrected chi connectivity index (χ1v) is 4.54. The minimum atomic E-state index is 0.590. The monoisotopic (exact) mass is 170 g/mol. The maximum absolute atomic E-state index is 5.74. The predicted molar refractivity (Wildman–Crippen MR) is 44.7 cm³/mol. The maximum Gasteiger partial charge on any atom is 0.108 e. The molecule has 0 bridgehead atoms. The minimum absolute atomic E-state index is 0.590. The Morgan fingerprint density at radius 2 is 2.45 bits per heavy atom. The Morgan fingerprint density at radius 3 is 3.27 bits per heavy atom. The van der Waals surface area contributed by atoms with Crippen molar-refractivity contribution >= 4 is 11.6 Å². The summed E-state index contributed by atoms with van der Waals surface area (Å²) < 4.78 is 2.25. The summed E-state index contributed by atoms with van der Waals surface area (Å²) in [5, 5.41) is 0. The number of rotatable bonds is 1. The average molecular weight is 171 g/mol. The fourth-order valence-corrected chi connectivity index (χ4v) is 1.80. The van der Waals surface area contributed by atoms with Gasteiger partial charge in [-0.05, 0) is 12.8 Å². The first kappa shape index (κ1) is 7.17. The molecule has 0 spiro atoms. The third kappa shape index (κ3) is 1.16. The van der Waals surface area contributed by atoms with E-state index < -0.39 is 0 Å². The molecule has 1 aliphatic heterocycles. The van der Waals surface area contributed by atoms with Crippen LogP contribution >= 0.6 is 11.6 Å². The van der Waals surface area contributed by atoms with Crippen LogP contribution in [0.25, 0.3) is 0 Å². The molecule has 0 atom stereocenters. The normalized spacial score (nSPS) is 16.5. The van der Waals surface area contributed by atoms with Crippen LogP contribution in [0.1, 0.15) is 24.4 Å². The number of fused-ring (bicyclic) bond motifs is 1. The topological polar surface area (TPSA) is 17.8 Å². The number of aromatic nitrogens is 2. The van der Waals surface area contributed by atoms with Gasteiger partial charge in [0.2, 0.25) is 0 Å². The lowest BCUT2D eigenvalue weighted by molar-refractivity contribution is 0.513. The van der Waals surface area contributed by atoms with Gasteiger partial charge in [0.25, 0.3) is 0 Å². The summed E-state index contributed by atoms with van der Waals surface area (Å²) in [4.78, 5) is 4.31. The third-order valence-corrected chi connectivity index (χ3v) is 2.46. The van der Waals surface area contributed by atoms with Crippen molar-refractivity contribution in [1.29, 1.82) is 0 Å². The van der Waals surface area contributed by atoms with Gasteiger partial charge in [-0.15, -0.1) is 11.6 Å². The van der Waals surface area contributed by atoms with Gasteiger partial charge < -0.3 is 4.57 Å². The van der Waals surface area contributed by atoms with Crippen LogP contribution in [0.4, 0.5) is 0 Å². The largest absolute Gasteiger partial charge is 0.331 e. The van der Waals surface area contributed by atoms with Crippen molar-refractivity contribution in [3.8, 4) is 0 Å². The third-order valence-electron chi connectivity index (χ3n) is 2.19. The summed E-state index contributed by atoms with van der Waals surface area (Å²) in [6, 6.07) is 0. The summed E-state index contributed by atoms with van der Waals surface area (Å²) in [6.45, 7) is 1.11. The highest BCUT2D eigenvalue weighted by molar-refractivity contribution is 6.16. The Bertz CT molecular complexity index is 241. The van der Waals surface area contributed by atoms with Crippen LogP contribution in [0, 0.1) is 0 Å². The van der Waals surface area contributed by atoms with Gasteiger partial charge >= 0.3 is 0 Å². The molecule has 0 aromatic carbocycles. The summed E-state index contributed by atoms with van der Waals surface area (Å²) in [5.74, 6) is 1.81. The number of hydrogen-bond donors (Lipinski definition) is 0. The van der Waals surface area contributed by atoms with Crippen molar-refractivity contribution in [2.45, 2.75) is 31.7 Å². The number of aryl methyl sites for hydroxylation is 1. The second kappa shape index (κ2) is 2.86. The fourth-order valence-electron chi connectivity index (χ4n) is 1.59. The zero-order valence-electron chi connectivity index (χ0n) is 6.39. The summed E-state index contributed by atoms with van der Waals surface area (Å²) in [7, 11) is 0. The fraction of sp³-hybridized carbons (Fsp3) is 0.625. The van der Waals surface area contributed by atoms with Gasteiger partial charge in [-0.3, -0.25) is 0 Å². The lowest BCUT2D eigenvalue weighted by Crippen LogP contribution is -2.12. The van der Waals surface area contributed by atoms with Gasteiger partial charge in [-0.2, -0.15) is 0 Å². The minimum Gasteiger partial charge on any atom is -0.331 e.